The molecular formula is C26H32N4O2. The van der Waals surface area contributed by atoms with Gasteiger partial charge in [-0.1, -0.05) is 18.9 Å². The van der Waals surface area contributed by atoms with Gasteiger partial charge in [0.1, 0.15) is 11.3 Å². The van der Waals surface area contributed by atoms with Gasteiger partial charge in [0.05, 0.1) is 12.1 Å². The highest BCUT2D eigenvalue weighted by atomic mass is 16.2. The summed E-state index contributed by atoms with van der Waals surface area (Å²) in [5.74, 6) is 2.88. The summed E-state index contributed by atoms with van der Waals surface area (Å²) >= 11 is 0. The van der Waals surface area contributed by atoms with E-state index in [4.69, 9.17) is 0 Å². The molecule has 1 spiro atoms. The second kappa shape index (κ2) is 6.58. The van der Waals surface area contributed by atoms with Crippen molar-refractivity contribution < 1.29 is 9.59 Å². The summed E-state index contributed by atoms with van der Waals surface area (Å²) in [6, 6.07) is 5.95. The molecule has 2 heterocycles. The fourth-order valence-electron chi connectivity index (χ4n) is 8.07. The van der Waals surface area contributed by atoms with E-state index in [2.05, 4.69) is 15.6 Å². The van der Waals surface area contributed by atoms with Gasteiger partial charge >= 0.3 is 0 Å². The monoisotopic (exact) mass is 432 g/mol. The fraction of sp³-hybridized carbons (Fsp3) is 0.654. The van der Waals surface area contributed by atoms with Crippen molar-refractivity contribution >= 4 is 17.5 Å². The van der Waals surface area contributed by atoms with E-state index >= 15 is 0 Å². The molecule has 2 aromatic rings. The molecule has 5 saturated carbocycles. The van der Waals surface area contributed by atoms with Gasteiger partial charge in [-0.25, -0.2) is 4.98 Å². The Morgan fingerprint density at radius 3 is 2.91 bits per heavy atom. The van der Waals surface area contributed by atoms with Crippen molar-refractivity contribution in [2.45, 2.75) is 70.3 Å². The Hall–Kier alpha value is -2.37. The maximum Gasteiger partial charge on any atom is 0.268 e. The summed E-state index contributed by atoms with van der Waals surface area (Å²) in [7, 11) is 0. The highest BCUT2D eigenvalue weighted by Gasteiger charge is 2.76. The summed E-state index contributed by atoms with van der Waals surface area (Å²) in [6.07, 6.45) is 13.5. The van der Waals surface area contributed by atoms with Crippen LogP contribution in [0.25, 0.3) is 5.65 Å². The van der Waals surface area contributed by atoms with E-state index in [0.717, 1.165) is 42.8 Å². The average molecular weight is 433 g/mol. The van der Waals surface area contributed by atoms with Crippen molar-refractivity contribution in [2.24, 2.45) is 28.6 Å². The number of amides is 2. The molecule has 5 aliphatic rings. The molecule has 5 aliphatic carbocycles. The molecule has 2 amide bonds. The predicted octanol–water partition coefficient (Wildman–Crippen LogP) is 3.49. The van der Waals surface area contributed by atoms with Crippen LogP contribution in [0.5, 0.6) is 0 Å². The number of carbonyl (C=O) groups is 2. The van der Waals surface area contributed by atoms with Crippen molar-refractivity contribution in [3.63, 3.8) is 0 Å². The average Bonchev–Trinajstić information content (AvgIpc) is 3.47. The molecule has 0 radical (unpaired) electrons. The van der Waals surface area contributed by atoms with Crippen LogP contribution in [-0.2, 0) is 11.2 Å². The van der Waals surface area contributed by atoms with E-state index in [-0.39, 0.29) is 18.2 Å². The van der Waals surface area contributed by atoms with Gasteiger partial charge in [0.25, 0.3) is 5.91 Å². The first-order chi connectivity index (χ1) is 15.5. The number of imidazole rings is 1. The van der Waals surface area contributed by atoms with Gasteiger partial charge in [-0.05, 0) is 85.7 Å². The van der Waals surface area contributed by atoms with E-state index < -0.39 is 0 Å². The van der Waals surface area contributed by atoms with Gasteiger partial charge in [-0.2, -0.15) is 0 Å². The van der Waals surface area contributed by atoms with Crippen LogP contribution in [0, 0.1) is 28.6 Å². The van der Waals surface area contributed by atoms with Crippen LogP contribution in [0.1, 0.15) is 74.0 Å². The minimum absolute atomic E-state index is 0.0230. The third-order valence-corrected chi connectivity index (χ3v) is 9.48. The molecule has 2 N–H and O–H groups in total. The van der Waals surface area contributed by atoms with Gasteiger partial charge < -0.3 is 10.6 Å². The highest BCUT2D eigenvalue weighted by molar-refractivity contribution is 5.93. The molecular weight excluding hydrogens is 400 g/mol. The van der Waals surface area contributed by atoms with Crippen LogP contribution in [0.15, 0.2) is 24.4 Å². The number of aromatic nitrogens is 2. The zero-order valence-corrected chi connectivity index (χ0v) is 18.6. The first-order valence-corrected chi connectivity index (χ1v) is 12.6. The SMILES string of the molecule is O=C(Cc1cn2c(C(=O)NCC34CC5CC5C5(CC5C3)C4)cccc2n1)NC1CCCC1. The van der Waals surface area contributed by atoms with Gasteiger partial charge in [0.15, 0.2) is 0 Å². The smallest absolute Gasteiger partial charge is 0.268 e. The van der Waals surface area contributed by atoms with Crippen molar-refractivity contribution in [1.82, 2.24) is 20.0 Å². The maximum atomic E-state index is 13.2. The number of fused-ring (bicyclic) bond motifs is 3. The van der Waals surface area contributed by atoms with Gasteiger partial charge in [0.2, 0.25) is 5.91 Å². The van der Waals surface area contributed by atoms with Crippen LogP contribution in [0.3, 0.4) is 0 Å². The largest absolute Gasteiger partial charge is 0.353 e. The molecule has 32 heavy (non-hydrogen) atoms. The van der Waals surface area contributed by atoms with Crippen molar-refractivity contribution in [3.05, 3.63) is 35.8 Å². The molecule has 6 heteroatoms. The van der Waals surface area contributed by atoms with Gasteiger partial charge in [-0.15, -0.1) is 0 Å². The first kappa shape index (κ1) is 19.1. The predicted molar refractivity (Wildman–Crippen MR) is 120 cm³/mol. The number of carbonyl (C=O) groups excluding carboxylic acids is 2. The zero-order chi connectivity index (χ0) is 21.5. The first-order valence-electron chi connectivity index (χ1n) is 12.6. The second-order valence-corrected chi connectivity index (χ2v) is 11.6. The summed E-state index contributed by atoms with van der Waals surface area (Å²) in [6.45, 7) is 0.801. The maximum absolute atomic E-state index is 13.2. The summed E-state index contributed by atoms with van der Waals surface area (Å²) in [4.78, 5) is 30.2. The fourth-order valence-corrected chi connectivity index (χ4v) is 8.07. The number of hydrogen-bond donors (Lipinski definition) is 2. The van der Waals surface area contributed by atoms with Crippen LogP contribution < -0.4 is 10.6 Å². The third kappa shape index (κ3) is 2.94. The quantitative estimate of drug-likeness (QED) is 0.734. The molecule has 2 aromatic heterocycles. The molecule has 6 nitrogen and oxygen atoms in total. The van der Waals surface area contributed by atoms with Crippen molar-refractivity contribution in [1.29, 1.82) is 0 Å². The van der Waals surface area contributed by atoms with Gasteiger partial charge in [0, 0.05) is 18.8 Å². The Labute approximate surface area is 188 Å². The van der Waals surface area contributed by atoms with E-state index in [1.165, 1.54) is 44.9 Å². The lowest BCUT2D eigenvalue weighted by Crippen LogP contribution is -2.40. The molecule has 168 valence electrons. The zero-order valence-electron chi connectivity index (χ0n) is 18.6. The number of hydrogen-bond acceptors (Lipinski definition) is 3. The molecule has 5 unspecified atom stereocenters. The lowest BCUT2D eigenvalue weighted by molar-refractivity contribution is -0.121. The normalized spacial score (nSPS) is 36.6. The molecule has 7 rings (SSSR count). The van der Waals surface area contributed by atoms with Crippen LogP contribution >= 0.6 is 0 Å². The van der Waals surface area contributed by atoms with Crippen LogP contribution in [-0.4, -0.2) is 33.8 Å². The molecule has 0 aliphatic heterocycles. The molecule has 0 aromatic carbocycles. The number of nitrogens with zero attached hydrogens (tertiary/aromatic N) is 2. The topological polar surface area (TPSA) is 75.5 Å². The lowest BCUT2D eigenvalue weighted by Gasteiger charge is -2.36. The Bertz CT molecular complexity index is 1110. The molecule has 0 saturated heterocycles. The van der Waals surface area contributed by atoms with Crippen LogP contribution in [0.4, 0.5) is 0 Å². The van der Waals surface area contributed by atoms with Gasteiger partial charge in [-0.3, -0.25) is 14.0 Å². The van der Waals surface area contributed by atoms with E-state index in [9.17, 15) is 9.59 Å². The minimum Gasteiger partial charge on any atom is -0.353 e. The Morgan fingerprint density at radius 1 is 1.16 bits per heavy atom. The Balaban J connectivity index is 1.04. The highest BCUT2D eigenvalue weighted by Crippen LogP contribution is 2.83. The summed E-state index contributed by atoms with van der Waals surface area (Å²) in [5.41, 5.74) is 3.05. The summed E-state index contributed by atoms with van der Waals surface area (Å²) < 4.78 is 1.84. The second-order valence-electron chi connectivity index (χ2n) is 11.6. The summed E-state index contributed by atoms with van der Waals surface area (Å²) in [5, 5.41) is 6.41. The number of nitrogens with one attached hydrogen (secondary N) is 2. The van der Waals surface area contributed by atoms with E-state index in [0.29, 0.717) is 28.3 Å². The van der Waals surface area contributed by atoms with Crippen LogP contribution in [0.2, 0.25) is 0 Å². The Morgan fingerprint density at radius 2 is 2.03 bits per heavy atom. The number of pyridine rings is 1. The standard InChI is InChI=1S/C26H32N4O2/c31-23(29-18-4-1-2-5-18)9-19-13-30-21(6-3-7-22(30)28-19)24(32)27-15-25-10-16-8-20(16)26(14-25)12-17(26)11-25/h3,6-7,13,16-18,20H,1-2,4-5,8-12,14-15H2,(H,27,32)(H,29,31). The van der Waals surface area contributed by atoms with Crippen molar-refractivity contribution in [3.8, 4) is 0 Å². The third-order valence-electron chi connectivity index (χ3n) is 9.48. The molecule has 2 bridgehead atoms. The minimum atomic E-state index is -0.0307. The van der Waals surface area contributed by atoms with Crippen molar-refractivity contribution in [2.75, 3.05) is 6.54 Å². The number of rotatable bonds is 6. The lowest BCUT2D eigenvalue weighted by atomic mass is 9.71. The Kier molecular flexibility index (Phi) is 3.93. The molecule has 5 fully saturated rings. The molecule has 5 atom stereocenters. The van der Waals surface area contributed by atoms with E-state index in [1.54, 1.807) is 0 Å². The van der Waals surface area contributed by atoms with E-state index in [1.807, 2.05) is 28.8 Å².